The molecular weight excluding hydrogens is 324 g/mol. The van der Waals surface area contributed by atoms with Gasteiger partial charge < -0.3 is 10.2 Å². The summed E-state index contributed by atoms with van der Waals surface area (Å²) in [5, 5.41) is 2.51. The lowest BCUT2D eigenvalue weighted by Crippen LogP contribution is -2.16. The molecule has 0 saturated heterocycles. The second-order valence-electron chi connectivity index (χ2n) is 5.38. The van der Waals surface area contributed by atoms with Crippen molar-refractivity contribution in [2.45, 2.75) is 0 Å². The Kier molecular flexibility index (Phi) is 4.70. The molecule has 3 rings (SSSR count). The molecule has 2 aromatic carbocycles. The molecule has 0 spiro atoms. The van der Waals surface area contributed by atoms with E-state index in [0.717, 1.165) is 23.5 Å². The van der Waals surface area contributed by atoms with Gasteiger partial charge in [0.1, 0.15) is 5.69 Å². The van der Waals surface area contributed by atoms with Gasteiger partial charge in [0.2, 0.25) is 0 Å². The first-order valence-corrected chi connectivity index (χ1v) is 7.56. The zero-order valence-electron chi connectivity index (χ0n) is 13.4. The smallest absolute Gasteiger partial charge is 0.274 e. The molecule has 0 saturated carbocycles. The molecule has 0 fully saturated rings. The lowest BCUT2D eigenvalue weighted by molar-refractivity contribution is 0.102. The molecule has 1 amide bonds. The van der Waals surface area contributed by atoms with Crippen molar-refractivity contribution < 1.29 is 13.6 Å². The van der Waals surface area contributed by atoms with E-state index in [9.17, 15) is 13.6 Å². The molecule has 1 heterocycles. The van der Waals surface area contributed by atoms with Crippen LogP contribution in [-0.2, 0) is 0 Å². The first kappa shape index (κ1) is 16.6. The van der Waals surface area contributed by atoms with Crippen LogP contribution in [0.1, 0.15) is 10.5 Å². The normalized spacial score (nSPS) is 10.4. The van der Waals surface area contributed by atoms with Gasteiger partial charge in [0.25, 0.3) is 5.91 Å². The molecule has 0 aliphatic heterocycles. The summed E-state index contributed by atoms with van der Waals surface area (Å²) in [5.74, 6) is -2.50. The predicted molar refractivity (Wildman–Crippen MR) is 93.1 cm³/mol. The Morgan fingerprint density at radius 3 is 2.44 bits per heavy atom. The molecule has 0 radical (unpaired) electrons. The second-order valence-corrected chi connectivity index (χ2v) is 5.38. The van der Waals surface area contributed by atoms with Crippen LogP contribution in [0.2, 0.25) is 0 Å². The maximum absolute atomic E-state index is 13.2. The number of aromatic nitrogens is 1. The quantitative estimate of drug-likeness (QED) is 0.767. The van der Waals surface area contributed by atoms with E-state index in [1.807, 2.05) is 42.3 Å². The summed E-state index contributed by atoms with van der Waals surface area (Å²) < 4.78 is 26.2. The Hall–Kier alpha value is -3.28. The maximum Gasteiger partial charge on any atom is 0.274 e. The maximum atomic E-state index is 13.2. The summed E-state index contributed by atoms with van der Waals surface area (Å²) in [6, 6.07) is 16.2. The van der Waals surface area contributed by atoms with Crippen molar-refractivity contribution in [1.29, 1.82) is 0 Å². The third-order valence-electron chi connectivity index (χ3n) is 3.68. The van der Waals surface area contributed by atoms with Gasteiger partial charge in [-0.15, -0.1) is 0 Å². The summed E-state index contributed by atoms with van der Waals surface area (Å²) in [7, 11) is 1.88. The van der Waals surface area contributed by atoms with Crippen LogP contribution in [0.15, 0.2) is 66.9 Å². The minimum absolute atomic E-state index is 0.160. The fourth-order valence-electron chi connectivity index (χ4n) is 2.32. The molecule has 0 atom stereocenters. The zero-order valence-corrected chi connectivity index (χ0v) is 13.4. The minimum Gasteiger partial charge on any atom is -0.345 e. The van der Waals surface area contributed by atoms with E-state index in [4.69, 9.17) is 0 Å². The highest BCUT2D eigenvalue weighted by atomic mass is 19.2. The monoisotopic (exact) mass is 339 g/mol. The van der Waals surface area contributed by atoms with E-state index in [1.165, 1.54) is 12.3 Å². The van der Waals surface area contributed by atoms with Gasteiger partial charge in [-0.25, -0.2) is 8.78 Å². The largest absolute Gasteiger partial charge is 0.345 e. The van der Waals surface area contributed by atoms with Crippen LogP contribution in [0, 0.1) is 11.6 Å². The van der Waals surface area contributed by atoms with Crippen molar-refractivity contribution in [3.05, 3.63) is 84.2 Å². The Morgan fingerprint density at radius 2 is 1.72 bits per heavy atom. The van der Waals surface area contributed by atoms with Gasteiger partial charge in [0.05, 0.1) is 0 Å². The summed E-state index contributed by atoms with van der Waals surface area (Å²) in [6.07, 6.45) is 1.52. The number of anilines is 3. The molecular formula is C19H15F2N3O. The lowest BCUT2D eigenvalue weighted by Gasteiger charge is -2.19. The standard InChI is InChI=1S/C19H15F2N3O/c1-24(14-5-3-2-4-6-14)15-9-10-22-18(12-15)19(25)23-13-7-8-16(20)17(21)11-13/h2-12H,1H3,(H,23,25). The van der Waals surface area contributed by atoms with Crippen LogP contribution >= 0.6 is 0 Å². The van der Waals surface area contributed by atoms with Gasteiger partial charge in [0.15, 0.2) is 11.6 Å². The molecule has 6 heteroatoms. The summed E-state index contributed by atoms with van der Waals surface area (Å²) in [4.78, 5) is 18.3. The number of hydrogen-bond donors (Lipinski definition) is 1. The van der Waals surface area contributed by atoms with Crippen LogP contribution in [-0.4, -0.2) is 17.9 Å². The van der Waals surface area contributed by atoms with Gasteiger partial charge in [-0.1, -0.05) is 18.2 Å². The Morgan fingerprint density at radius 1 is 0.960 bits per heavy atom. The van der Waals surface area contributed by atoms with Gasteiger partial charge in [-0.3, -0.25) is 9.78 Å². The number of pyridine rings is 1. The number of nitrogens with zero attached hydrogens (tertiary/aromatic N) is 2. The summed E-state index contributed by atoms with van der Waals surface area (Å²) in [6.45, 7) is 0. The van der Waals surface area contributed by atoms with Crippen molar-refractivity contribution in [3.63, 3.8) is 0 Å². The average Bonchev–Trinajstić information content (AvgIpc) is 2.65. The van der Waals surface area contributed by atoms with Gasteiger partial charge in [-0.2, -0.15) is 0 Å². The van der Waals surface area contributed by atoms with Crippen molar-refractivity contribution in [3.8, 4) is 0 Å². The highest BCUT2D eigenvalue weighted by molar-refractivity contribution is 6.03. The van der Waals surface area contributed by atoms with Crippen molar-refractivity contribution in [2.24, 2.45) is 0 Å². The molecule has 3 aromatic rings. The van der Waals surface area contributed by atoms with E-state index >= 15 is 0 Å². The zero-order chi connectivity index (χ0) is 17.8. The van der Waals surface area contributed by atoms with Gasteiger partial charge in [0, 0.05) is 36.4 Å². The van der Waals surface area contributed by atoms with Gasteiger partial charge in [-0.05, 0) is 36.4 Å². The average molecular weight is 339 g/mol. The van der Waals surface area contributed by atoms with E-state index in [0.29, 0.717) is 0 Å². The number of nitrogens with one attached hydrogen (secondary N) is 1. The third-order valence-corrected chi connectivity index (χ3v) is 3.68. The van der Waals surface area contributed by atoms with E-state index < -0.39 is 17.5 Å². The fourth-order valence-corrected chi connectivity index (χ4v) is 2.32. The van der Waals surface area contributed by atoms with Crippen LogP contribution in [0.5, 0.6) is 0 Å². The van der Waals surface area contributed by atoms with Crippen molar-refractivity contribution in [1.82, 2.24) is 4.98 Å². The Balaban J connectivity index is 1.81. The number of carbonyl (C=O) groups excluding carboxylic acids is 1. The molecule has 126 valence electrons. The summed E-state index contributed by atoms with van der Waals surface area (Å²) in [5.41, 5.74) is 2.06. The highest BCUT2D eigenvalue weighted by Crippen LogP contribution is 2.23. The van der Waals surface area contributed by atoms with Crippen molar-refractivity contribution >= 4 is 23.0 Å². The van der Waals surface area contributed by atoms with E-state index in [1.54, 1.807) is 12.1 Å². The number of halogens is 2. The lowest BCUT2D eigenvalue weighted by atomic mass is 10.2. The van der Waals surface area contributed by atoms with Crippen molar-refractivity contribution in [2.75, 3.05) is 17.3 Å². The molecule has 4 nitrogen and oxygen atoms in total. The highest BCUT2D eigenvalue weighted by Gasteiger charge is 2.12. The fraction of sp³-hybridized carbons (Fsp3) is 0.0526. The molecule has 0 aliphatic carbocycles. The van der Waals surface area contributed by atoms with E-state index in [2.05, 4.69) is 10.3 Å². The first-order valence-electron chi connectivity index (χ1n) is 7.56. The molecule has 0 bridgehead atoms. The van der Waals surface area contributed by atoms with E-state index in [-0.39, 0.29) is 11.4 Å². The number of hydrogen-bond acceptors (Lipinski definition) is 3. The molecule has 0 unspecified atom stereocenters. The molecule has 25 heavy (non-hydrogen) atoms. The number of amides is 1. The topological polar surface area (TPSA) is 45.2 Å². The molecule has 0 aliphatic rings. The van der Waals surface area contributed by atoms with Crippen LogP contribution in [0.3, 0.4) is 0 Å². The summed E-state index contributed by atoms with van der Waals surface area (Å²) >= 11 is 0. The number of benzene rings is 2. The minimum atomic E-state index is -1.02. The Labute approximate surface area is 143 Å². The number of carbonyl (C=O) groups is 1. The number of rotatable bonds is 4. The van der Waals surface area contributed by atoms with Gasteiger partial charge >= 0.3 is 0 Å². The number of para-hydroxylation sites is 1. The van der Waals surface area contributed by atoms with Crippen LogP contribution in [0.25, 0.3) is 0 Å². The molecule has 1 aromatic heterocycles. The SMILES string of the molecule is CN(c1ccccc1)c1ccnc(C(=O)Nc2ccc(F)c(F)c2)c1. The predicted octanol–water partition coefficient (Wildman–Crippen LogP) is 4.38. The molecule has 1 N–H and O–H groups in total. The second kappa shape index (κ2) is 7.09. The first-order chi connectivity index (χ1) is 12.0. The van der Waals surface area contributed by atoms with Crippen LogP contribution < -0.4 is 10.2 Å². The third kappa shape index (κ3) is 3.80. The van der Waals surface area contributed by atoms with Crippen LogP contribution in [0.4, 0.5) is 25.8 Å². The Bertz CT molecular complexity index is 900.